The lowest BCUT2D eigenvalue weighted by atomic mass is 9.94. The van der Waals surface area contributed by atoms with Crippen molar-refractivity contribution in [3.05, 3.63) is 87.9 Å². The summed E-state index contributed by atoms with van der Waals surface area (Å²) in [7, 11) is 0. The van der Waals surface area contributed by atoms with Gasteiger partial charge >= 0.3 is 5.91 Å². The van der Waals surface area contributed by atoms with E-state index in [1.165, 1.54) is 16.2 Å². The Hall–Kier alpha value is -3.25. The Balaban J connectivity index is 1.93. The predicted octanol–water partition coefficient (Wildman–Crippen LogP) is 4.39. The van der Waals surface area contributed by atoms with E-state index in [2.05, 4.69) is 4.98 Å². The number of aliphatic hydroxyl groups excluding tert-OH is 1. The highest BCUT2D eigenvalue weighted by molar-refractivity contribution is 7.14. The van der Waals surface area contributed by atoms with Crippen LogP contribution in [0.25, 0.3) is 5.76 Å². The lowest BCUT2D eigenvalue weighted by Crippen LogP contribution is -2.29. The van der Waals surface area contributed by atoms with Crippen LogP contribution in [0.5, 0.6) is 0 Å². The van der Waals surface area contributed by atoms with Crippen LogP contribution in [-0.2, 0) is 9.59 Å². The molecule has 0 bridgehead atoms. The van der Waals surface area contributed by atoms with E-state index in [0.717, 1.165) is 16.7 Å². The maximum atomic E-state index is 12.9. The van der Waals surface area contributed by atoms with E-state index in [1.807, 2.05) is 50.2 Å². The Kier molecular flexibility index (Phi) is 4.57. The van der Waals surface area contributed by atoms with Crippen LogP contribution in [0.1, 0.15) is 28.3 Å². The number of aliphatic hydroxyl groups is 1. The summed E-state index contributed by atoms with van der Waals surface area (Å²) in [5.41, 5.74) is 3.42. The van der Waals surface area contributed by atoms with Gasteiger partial charge in [0.05, 0.1) is 11.6 Å². The molecule has 2 heterocycles. The summed E-state index contributed by atoms with van der Waals surface area (Å²) in [6.07, 6.45) is 1.59. The molecule has 1 aliphatic rings. The van der Waals surface area contributed by atoms with Gasteiger partial charge in [-0.25, -0.2) is 4.98 Å². The molecule has 0 spiro atoms. The van der Waals surface area contributed by atoms with Crippen molar-refractivity contribution in [1.82, 2.24) is 4.98 Å². The summed E-state index contributed by atoms with van der Waals surface area (Å²) < 4.78 is 0. The summed E-state index contributed by atoms with van der Waals surface area (Å²) in [5, 5.41) is 13.1. The third kappa shape index (κ3) is 3.01. The van der Waals surface area contributed by atoms with Crippen LogP contribution in [-0.4, -0.2) is 21.8 Å². The van der Waals surface area contributed by atoms with Crippen LogP contribution < -0.4 is 4.90 Å². The zero-order chi connectivity index (χ0) is 19.8. The summed E-state index contributed by atoms with van der Waals surface area (Å²) in [6.45, 7) is 3.91. The van der Waals surface area contributed by atoms with E-state index in [4.69, 9.17) is 0 Å². The van der Waals surface area contributed by atoms with Gasteiger partial charge in [-0.3, -0.25) is 14.5 Å². The second-order valence-electron chi connectivity index (χ2n) is 6.76. The maximum absolute atomic E-state index is 12.9. The highest BCUT2D eigenvalue weighted by Crippen LogP contribution is 2.42. The number of thiazole rings is 1. The Morgan fingerprint density at radius 3 is 2.18 bits per heavy atom. The summed E-state index contributed by atoms with van der Waals surface area (Å²) in [5.74, 6) is -1.57. The molecule has 1 unspecified atom stereocenters. The van der Waals surface area contributed by atoms with Gasteiger partial charge < -0.3 is 5.11 Å². The van der Waals surface area contributed by atoms with Crippen LogP contribution in [0.15, 0.2) is 65.7 Å². The van der Waals surface area contributed by atoms with Gasteiger partial charge in [-0.1, -0.05) is 59.7 Å². The molecule has 1 N–H and O–H groups in total. The second-order valence-corrected chi connectivity index (χ2v) is 7.63. The fourth-order valence-electron chi connectivity index (χ4n) is 3.30. The van der Waals surface area contributed by atoms with Crippen molar-refractivity contribution in [1.29, 1.82) is 0 Å². The van der Waals surface area contributed by atoms with Gasteiger partial charge in [-0.05, 0) is 19.4 Å². The van der Waals surface area contributed by atoms with Crippen molar-refractivity contribution in [2.45, 2.75) is 19.9 Å². The van der Waals surface area contributed by atoms with Crippen LogP contribution in [0.3, 0.4) is 0 Å². The van der Waals surface area contributed by atoms with Crippen molar-refractivity contribution in [3.63, 3.8) is 0 Å². The van der Waals surface area contributed by atoms with E-state index in [-0.39, 0.29) is 11.3 Å². The number of nitrogens with zero attached hydrogens (tertiary/aromatic N) is 2. The highest BCUT2D eigenvalue weighted by Gasteiger charge is 2.47. The van der Waals surface area contributed by atoms with Gasteiger partial charge in [0, 0.05) is 17.1 Å². The largest absolute Gasteiger partial charge is 0.507 e. The lowest BCUT2D eigenvalue weighted by molar-refractivity contribution is -0.132. The topological polar surface area (TPSA) is 70.5 Å². The average molecular weight is 390 g/mol. The number of rotatable bonds is 3. The third-order valence-corrected chi connectivity index (χ3v) is 5.56. The van der Waals surface area contributed by atoms with Crippen LogP contribution in [0.2, 0.25) is 0 Å². The number of hydrogen-bond acceptors (Lipinski definition) is 5. The number of benzene rings is 2. The summed E-state index contributed by atoms with van der Waals surface area (Å²) in [6, 6.07) is 14.0. The van der Waals surface area contributed by atoms with E-state index in [1.54, 1.807) is 23.7 Å². The molecule has 6 heteroatoms. The number of aryl methyl sites for hydroxylation is 2. The lowest BCUT2D eigenvalue weighted by Gasteiger charge is -2.23. The molecule has 140 valence electrons. The van der Waals surface area contributed by atoms with E-state index in [0.29, 0.717) is 10.7 Å². The van der Waals surface area contributed by atoms with E-state index >= 15 is 0 Å². The molecule has 0 saturated carbocycles. The number of hydrogen-bond donors (Lipinski definition) is 1. The zero-order valence-electron chi connectivity index (χ0n) is 15.4. The van der Waals surface area contributed by atoms with Crippen molar-refractivity contribution in [2.75, 3.05) is 4.90 Å². The number of ketones is 1. The molecule has 0 radical (unpaired) electrons. The molecule has 4 rings (SSSR count). The molecule has 28 heavy (non-hydrogen) atoms. The molecule has 2 aromatic carbocycles. The molecule has 1 aliphatic heterocycles. The smallest absolute Gasteiger partial charge is 0.301 e. The number of amides is 1. The standard InChI is InChI=1S/C22H18N2O3S/c1-13-3-7-15(8-4-13)18-17(19(25)16-9-5-14(2)6-10-16)20(26)21(27)24(18)22-23-11-12-28-22/h3-12,18,25H,1-2H3. The number of carbonyl (C=O) groups excluding carboxylic acids is 2. The number of Topliss-reactive ketones (excluding diaryl/α,β-unsaturated/α-hetero) is 1. The molecule has 3 aromatic rings. The molecule has 0 aliphatic carbocycles. The average Bonchev–Trinajstić information content (AvgIpc) is 3.30. The Labute approximate surface area is 166 Å². The normalized spacial score (nSPS) is 18.6. The molecule has 1 amide bonds. The van der Waals surface area contributed by atoms with Crippen molar-refractivity contribution >= 4 is 33.9 Å². The van der Waals surface area contributed by atoms with Crippen molar-refractivity contribution in [3.8, 4) is 0 Å². The molecule has 5 nitrogen and oxygen atoms in total. The molecular weight excluding hydrogens is 372 g/mol. The molecular formula is C22H18N2O3S. The Bertz CT molecular complexity index is 1070. The van der Waals surface area contributed by atoms with Crippen LogP contribution in [0.4, 0.5) is 5.13 Å². The second kappa shape index (κ2) is 7.05. The van der Waals surface area contributed by atoms with Crippen molar-refractivity contribution in [2.24, 2.45) is 0 Å². The predicted molar refractivity (Wildman–Crippen MR) is 109 cm³/mol. The summed E-state index contributed by atoms with van der Waals surface area (Å²) in [4.78, 5) is 31.4. The van der Waals surface area contributed by atoms with Gasteiger partial charge in [-0.15, -0.1) is 11.3 Å². The molecule has 1 saturated heterocycles. The fraction of sp³-hybridized carbons (Fsp3) is 0.136. The van der Waals surface area contributed by atoms with Crippen molar-refractivity contribution < 1.29 is 14.7 Å². The summed E-state index contributed by atoms with van der Waals surface area (Å²) >= 11 is 1.28. The van der Waals surface area contributed by atoms with Crippen LogP contribution >= 0.6 is 11.3 Å². The number of anilines is 1. The first-order valence-corrected chi connectivity index (χ1v) is 9.69. The van der Waals surface area contributed by atoms with Gasteiger partial charge in [0.15, 0.2) is 5.13 Å². The van der Waals surface area contributed by atoms with E-state index in [9.17, 15) is 14.7 Å². The molecule has 1 aromatic heterocycles. The zero-order valence-corrected chi connectivity index (χ0v) is 16.2. The minimum atomic E-state index is -0.729. The first-order chi connectivity index (χ1) is 13.5. The van der Waals surface area contributed by atoms with Gasteiger partial charge in [0.25, 0.3) is 5.78 Å². The van der Waals surface area contributed by atoms with Gasteiger partial charge in [-0.2, -0.15) is 0 Å². The Morgan fingerprint density at radius 1 is 1.00 bits per heavy atom. The third-order valence-electron chi connectivity index (χ3n) is 4.79. The highest BCUT2D eigenvalue weighted by atomic mass is 32.1. The van der Waals surface area contributed by atoms with Gasteiger partial charge in [0.2, 0.25) is 0 Å². The van der Waals surface area contributed by atoms with Crippen LogP contribution in [0, 0.1) is 13.8 Å². The molecule has 1 fully saturated rings. The monoisotopic (exact) mass is 390 g/mol. The SMILES string of the molecule is Cc1ccc(C(O)=C2C(=O)C(=O)N(c3nccs3)C2c2ccc(C)cc2)cc1. The van der Waals surface area contributed by atoms with Gasteiger partial charge in [0.1, 0.15) is 5.76 Å². The first kappa shape index (κ1) is 18.1. The van der Waals surface area contributed by atoms with E-state index < -0.39 is 17.7 Å². The first-order valence-electron chi connectivity index (χ1n) is 8.81. The number of carbonyl (C=O) groups is 2. The minimum Gasteiger partial charge on any atom is -0.507 e. The number of aromatic nitrogens is 1. The molecule has 1 atom stereocenters. The maximum Gasteiger partial charge on any atom is 0.301 e. The minimum absolute atomic E-state index is 0.0768. The Morgan fingerprint density at radius 2 is 1.61 bits per heavy atom. The quantitative estimate of drug-likeness (QED) is 0.409. The fourth-order valence-corrected chi connectivity index (χ4v) is 3.96.